The maximum Gasteiger partial charge on any atom is 0.411 e. The van der Waals surface area contributed by atoms with Crippen LogP contribution in [0.4, 0.5) is 9.59 Å². The Bertz CT molecular complexity index is 2460. The highest BCUT2D eigenvalue weighted by atomic mass is 32.2. The second-order valence-corrected chi connectivity index (χ2v) is 18.0. The largest absolute Gasteiger partial charge is 0.444 e. The minimum absolute atomic E-state index is 0.0910. The first-order valence-electron chi connectivity index (χ1n) is 18.7. The summed E-state index contributed by atoms with van der Waals surface area (Å²) >= 11 is 1.78. The lowest BCUT2D eigenvalue weighted by Gasteiger charge is -2.28. The summed E-state index contributed by atoms with van der Waals surface area (Å²) in [5, 5.41) is 1.03. The highest BCUT2D eigenvalue weighted by Crippen LogP contribution is 2.70. The van der Waals surface area contributed by atoms with Gasteiger partial charge in [-0.15, -0.1) is 11.8 Å². The molecule has 3 atom stereocenters. The van der Waals surface area contributed by atoms with Gasteiger partial charge in [0, 0.05) is 30.2 Å². The van der Waals surface area contributed by atoms with Gasteiger partial charge in [-0.1, -0.05) is 12.1 Å². The molecule has 3 aliphatic heterocycles. The fourth-order valence-corrected chi connectivity index (χ4v) is 9.29. The van der Waals surface area contributed by atoms with Crippen LogP contribution < -0.4 is 0 Å². The third kappa shape index (κ3) is 6.31. The topological polar surface area (TPSA) is 142 Å². The number of nitrogens with zero attached hydrogens (tertiary/aromatic N) is 6. The molecule has 278 valence electrons. The number of thioether (sulfide) groups is 1. The van der Waals surface area contributed by atoms with E-state index in [0.29, 0.717) is 18.9 Å². The van der Waals surface area contributed by atoms with Crippen molar-refractivity contribution in [1.82, 2.24) is 39.7 Å². The van der Waals surface area contributed by atoms with E-state index in [9.17, 15) is 9.59 Å². The first-order chi connectivity index (χ1) is 25.7. The Balaban J connectivity index is 0.928. The van der Waals surface area contributed by atoms with Crippen LogP contribution in [-0.2, 0) is 9.47 Å². The molecule has 54 heavy (non-hydrogen) atoms. The number of rotatable bonds is 4. The summed E-state index contributed by atoms with van der Waals surface area (Å²) in [5.74, 6) is 2.28. The smallest absolute Gasteiger partial charge is 0.411 e. The van der Waals surface area contributed by atoms with Gasteiger partial charge >= 0.3 is 12.2 Å². The van der Waals surface area contributed by atoms with Gasteiger partial charge in [0.1, 0.15) is 27.7 Å². The van der Waals surface area contributed by atoms with Gasteiger partial charge in [-0.2, -0.15) is 0 Å². The number of aromatic nitrogens is 6. The maximum absolute atomic E-state index is 13.0. The van der Waals surface area contributed by atoms with Gasteiger partial charge in [0.2, 0.25) is 0 Å². The Morgan fingerprint density at radius 2 is 1.39 bits per heavy atom. The molecule has 2 amide bonds. The molecule has 3 aromatic heterocycles. The standard InChI is InChI=1S/C41H44N8O4S/c1-39(2,3)52-37(50)48-17-7-9-32(48)35-44-28-15-12-25(21-31(28)46-35)34-42-22-26-19-23(10-13-27(26)43-34)24-11-14-29-30(20-24)47-36(45-29)33-41(54-33)16-8-18-49(41)38(51)53-40(4,5)6/h10-15,19-22,32-33H,7-9,16-18H2,1-6H3,(H,44,46)(H,45,47). The Morgan fingerprint density at radius 3 is 2.13 bits per heavy atom. The van der Waals surface area contributed by atoms with E-state index in [0.717, 1.165) is 87.0 Å². The van der Waals surface area contributed by atoms with Gasteiger partial charge in [-0.05, 0) is 121 Å². The van der Waals surface area contributed by atoms with Crippen LogP contribution in [0.5, 0.6) is 0 Å². The molecule has 3 saturated heterocycles. The first kappa shape index (κ1) is 34.6. The van der Waals surface area contributed by atoms with Gasteiger partial charge < -0.3 is 19.4 Å². The molecular formula is C41H44N8O4S. The van der Waals surface area contributed by atoms with E-state index in [1.54, 1.807) is 16.7 Å². The minimum atomic E-state index is -0.557. The molecule has 6 heterocycles. The number of ether oxygens (including phenoxy) is 2. The quantitative estimate of drug-likeness (QED) is 0.169. The fraction of sp³-hybridized carbons (Fsp3) is 0.415. The fourth-order valence-electron chi connectivity index (χ4n) is 7.81. The zero-order valence-corrected chi connectivity index (χ0v) is 32.2. The normalized spacial score (nSPS) is 21.5. The molecule has 9 rings (SSSR count). The van der Waals surface area contributed by atoms with E-state index in [1.165, 1.54) is 0 Å². The van der Waals surface area contributed by atoms with Crippen molar-refractivity contribution < 1.29 is 19.1 Å². The average Bonchev–Trinajstić information content (AvgIpc) is 3.64. The number of nitrogens with one attached hydrogen (secondary N) is 2. The number of carbonyl (C=O) groups is 2. The predicted molar refractivity (Wildman–Crippen MR) is 210 cm³/mol. The van der Waals surface area contributed by atoms with E-state index in [1.807, 2.05) is 83.0 Å². The van der Waals surface area contributed by atoms with Crippen molar-refractivity contribution in [3.8, 4) is 22.5 Å². The number of aromatic amines is 2. The van der Waals surface area contributed by atoms with Crippen LogP contribution in [0, 0.1) is 0 Å². The summed E-state index contributed by atoms with van der Waals surface area (Å²) in [6.07, 6.45) is 4.93. The molecule has 3 aliphatic rings. The predicted octanol–water partition coefficient (Wildman–Crippen LogP) is 9.30. The van der Waals surface area contributed by atoms with Crippen molar-refractivity contribution in [2.75, 3.05) is 13.1 Å². The number of carbonyl (C=O) groups excluding carboxylic acids is 2. The maximum atomic E-state index is 13.0. The van der Waals surface area contributed by atoms with Crippen molar-refractivity contribution in [1.29, 1.82) is 0 Å². The molecule has 0 aliphatic carbocycles. The molecule has 0 saturated carbocycles. The lowest BCUT2D eigenvalue weighted by atomic mass is 10.0. The highest BCUT2D eigenvalue weighted by molar-refractivity contribution is 8.08. The van der Waals surface area contributed by atoms with Crippen molar-refractivity contribution in [2.45, 2.75) is 94.6 Å². The summed E-state index contributed by atoms with van der Waals surface area (Å²) in [7, 11) is 0. The van der Waals surface area contributed by atoms with Crippen LogP contribution in [0.2, 0.25) is 0 Å². The molecule has 0 bridgehead atoms. The number of likely N-dealkylation sites (tertiary alicyclic amines) is 2. The van der Waals surface area contributed by atoms with Gasteiger partial charge in [0.25, 0.3) is 0 Å². The van der Waals surface area contributed by atoms with Gasteiger partial charge in [-0.25, -0.2) is 29.5 Å². The number of imidazole rings is 2. The van der Waals surface area contributed by atoms with Crippen LogP contribution in [0.1, 0.15) is 90.2 Å². The molecule has 12 nitrogen and oxygen atoms in total. The number of H-pyrrole nitrogens is 2. The molecule has 1 spiro atoms. The summed E-state index contributed by atoms with van der Waals surface area (Å²) in [6.45, 7) is 12.7. The molecule has 13 heteroatoms. The van der Waals surface area contributed by atoms with Crippen molar-refractivity contribution in [3.05, 3.63) is 72.4 Å². The Hall–Kier alpha value is -5.17. The second kappa shape index (κ2) is 12.4. The molecule has 0 radical (unpaired) electrons. The van der Waals surface area contributed by atoms with Crippen molar-refractivity contribution in [3.63, 3.8) is 0 Å². The number of hydrogen-bond acceptors (Lipinski definition) is 9. The lowest BCUT2D eigenvalue weighted by molar-refractivity contribution is 0.0209. The summed E-state index contributed by atoms with van der Waals surface area (Å²) in [6, 6.07) is 18.3. The lowest BCUT2D eigenvalue weighted by Crippen LogP contribution is -2.41. The molecule has 2 N–H and O–H groups in total. The van der Waals surface area contributed by atoms with Gasteiger partial charge in [0.15, 0.2) is 5.82 Å². The number of benzene rings is 3. The zero-order valence-electron chi connectivity index (χ0n) is 31.4. The SMILES string of the molecule is CC(C)(C)OC(=O)N1CCCC1c1nc2ccc(-c3ncc4cc(-c5ccc6nc(C7SC78CCCN8C(=O)OC(C)(C)C)[nH]c6c5)ccc4n3)cc2[nH]1. The molecule has 3 aromatic carbocycles. The second-order valence-electron chi connectivity index (χ2n) is 16.6. The van der Waals surface area contributed by atoms with Crippen LogP contribution in [0.15, 0.2) is 60.8 Å². The number of amides is 2. The van der Waals surface area contributed by atoms with Crippen LogP contribution >= 0.6 is 11.8 Å². The Morgan fingerprint density at radius 1 is 0.759 bits per heavy atom. The molecule has 6 aromatic rings. The highest BCUT2D eigenvalue weighted by Gasteiger charge is 2.65. The van der Waals surface area contributed by atoms with E-state index in [2.05, 4.69) is 34.2 Å². The van der Waals surface area contributed by atoms with Crippen LogP contribution in [0.25, 0.3) is 55.5 Å². The third-order valence-electron chi connectivity index (χ3n) is 10.3. The summed E-state index contributed by atoms with van der Waals surface area (Å²) in [4.78, 5) is 55.8. The van der Waals surface area contributed by atoms with Crippen LogP contribution in [-0.4, -0.2) is 81.1 Å². The van der Waals surface area contributed by atoms with Crippen LogP contribution in [0.3, 0.4) is 0 Å². The van der Waals surface area contributed by atoms with E-state index < -0.39 is 11.2 Å². The number of hydrogen-bond donors (Lipinski definition) is 2. The minimum Gasteiger partial charge on any atom is -0.444 e. The van der Waals surface area contributed by atoms with Crippen molar-refractivity contribution in [2.24, 2.45) is 0 Å². The molecule has 3 unspecified atom stereocenters. The van der Waals surface area contributed by atoms with E-state index in [-0.39, 0.29) is 28.3 Å². The summed E-state index contributed by atoms with van der Waals surface area (Å²) < 4.78 is 11.4. The summed E-state index contributed by atoms with van der Waals surface area (Å²) in [5.41, 5.74) is 6.31. The van der Waals surface area contributed by atoms with E-state index >= 15 is 0 Å². The molecular weight excluding hydrogens is 701 g/mol. The van der Waals surface area contributed by atoms with Crippen molar-refractivity contribution >= 4 is 56.9 Å². The van der Waals surface area contributed by atoms with E-state index in [4.69, 9.17) is 29.4 Å². The first-order valence-corrected chi connectivity index (χ1v) is 19.6. The van der Waals surface area contributed by atoms with Gasteiger partial charge in [0.05, 0.1) is 38.9 Å². The monoisotopic (exact) mass is 744 g/mol. The number of fused-ring (bicyclic) bond motifs is 3. The zero-order chi connectivity index (χ0) is 37.6. The van der Waals surface area contributed by atoms with Gasteiger partial charge in [-0.3, -0.25) is 9.80 Å². The average molecular weight is 745 g/mol. The third-order valence-corrected chi connectivity index (χ3v) is 11.9. The Labute approximate surface area is 317 Å². The molecule has 3 fully saturated rings. The Kier molecular flexibility index (Phi) is 7.97.